The number of benzene rings is 2. The molecule has 1 amide bonds. The van der Waals surface area contributed by atoms with Crippen molar-refractivity contribution >= 4 is 28.9 Å². The second kappa shape index (κ2) is 5.65. The Kier molecular flexibility index (Phi) is 4.09. The number of carbonyl (C=O) groups is 1. The van der Waals surface area contributed by atoms with Gasteiger partial charge in [-0.25, -0.2) is 0 Å². The third-order valence-electron chi connectivity index (χ3n) is 2.72. The molecule has 2 aromatic carbocycles. The van der Waals surface area contributed by atoms with Crippen molar-refractivity contribution in [2.75, 3.05) is 11.1 Å². The maximum absolute atomic E-state index is 12.8. The minimum atomic E-state index is -4.57. The van der Waals surface area contributed by atoms with Gasteiger partial charge < -0.3 is 11.1 Å². The molecule has 0 aliphatic heterocycles. The Morgan fingerprint density at radius 1 is 1.14 bits per heavy atom. The third kappa shape index (κ3) is 3.46. The Bertz CT molecular complexity index is 686. The number of nitrogens with one attached hydrogen (secondary N) is 1. The van der Waals surface area contributed by atoms with Crippen LogP contribution in [0.1, 0.15) is 15.9 Å². The average Bonchev–Trinajstić information content (AvgIpc) is 2.41. The van der Waals surface area contributed by atoms with Crippen molar-refractivity contribution in [3.63, 3.8) is 0 Å². The van der Waals surface area contributed by atoms with Crippen LogP contribution in [0.4, 0.5) is 24.5 Å². The van der Waals surface area contributed by atoms with E-state index in [1.807, 2.05) is 0 Å². The second-order valence-corrected chi connectivity index (χ2v) is 4.64. The fourth-order valence-electron chi connectivity index (χ4n) is 1.75. The molecule has 0 aromatic heterocycles. The quantitative estimate of drug-likeness (QED) is 0.816. The zero-order valence-electron chi connectivity index (χ0n) is 10.5. The van der Waals surface area contributed by atoms with E-state index in [0.717, 1.165) is 6.07 Å². The van der Waals surface area contributed by atoms with Crippen molar-refractivity contribution in [3.05, 3.63) is 58.6 Å². The largest absolute Gasteiger partial charge is 0.418 e. The van der Waals surface area contributed by atoms with Gasteiger partial charge in [-0.15, -0.1) is 0 Å². The van der Waals surface area contributed by atoms with Gasteiger partial charge in [-0.1, -0.05) is 23.7 Å². The molecule has 0 heterocycles. The number of rotatable bonds is 2. The highest BCUT2D eigenvalue weighted by Gasteiger charge is 2.33. The van der Waals surface area contributed by atoms with Crippen LogP contribution in [-0.4, -0.2) is 5.91 Å². The van der Waals surface area contributed by atoms with Crippen LogP contribution in [0.5, 0.6) is 0 Å². The highest BCUT2D eigenvalue weighted by atomic mass is 35.5. The van der Waals surface area contributed by atoms with Crippen molar-refractivity contribution < 1.29 is 18.0 Å². The van der Waals surface area contributed by atoms with Gasteiger partial charge in [0.25, 0.3) is 5.91 Å². The molecule has 0 saturated heterocycles. The summed E-state index contributed by atoms with van der Waals surface area (Å²) >= 11 is 5.85. The highest BCUT2D eigenvalue weighted by Crippen LogP contribution is 2.35. The molecule has 0 bridgehead atoms. The van der Waals surface area contributed by atoms with Crippen LogP contribution in [0.2, 0.25) is 5.02 Å². The van der Waals surface area contributed by atoms with Gasteiger partial charge in [0.15, 0.2) is 0 Å². The number of nitrogens with two attached hydrogens (primary N) is 1. The molecular weight excluding hydrogens is 305 g/mol. The summed E-state index contributed by atoms with van der Waals surface area (Å²) in [5.41, 5.74) is 4.56. The van der Waals surface area contributed by atoms with Gasteiger partial charge in [0.2, 0.25) is 0 Å². The standard InChI is InChI=1S/C14H10ClF3N2O/c15-11-6-5-8(19)7-9(11)13(21)20-12-4-2-1-3-10(12)14(16,17)18/h1-7H,19H2,(H,20,21). The Hall–Kier alpha value is -2.21. The topological polar surface area (TPSA) is 55.1 Å². The molecular formula is C14H10ClF3N2O. The van der Waals surface area contributed by atoms with Crippen LogP contribution in [0.15, 0.2) is 42.5 Å². The predicted molar refractivity (Wildman–Crippen MR) is 75.3 cm³/mol. The first-order valence-electron chi connectivity index (χ1n) is 5.81. The fourth-order valence-corrected chi connectivity index (χ4v) is 1.95. The lowest BCUT2D eigenvalue weighted by atomic mass is 10.1. The first kappa shape index (κ1) is 15.2. The lowest BCUT2D eigenvalue weighted by molar-refractivity contribution is -0.136. The number of amides is 1. The van der Waals surface area contributed by atoms with Crippen molar-refractivity contribution in [2.24, 2.45) is 0 Å². The normalized spacial score (nSPS) is 11.2. The summed E-state index contributed by atoms with van der Waals surface area (Å²) in [6.07, 6.45) is -4.57. The summed E-state index contributed by atoms with van der Waals surface area (Å²) in [7, 11) is 0. The fraction of sp³-hybridized carbons (Fsp3) is 0.0714. The number of alkyl halides is 3. The van der Waals surface area contributed by atoms with Crippen molar-refractivity contribution in [3.8, 4) is 0 Å². The van der Waals surface area contributed by atoms with Crippen LogP contribution in [0.3, 0.4) is 0 Å². The first-order chi connectivity index (χ1) is 9.79. The number of carbonyl (C=O) groups excluding carboxylic acids is 1. The van der Waals surface area contributed by atoms with E-state index in [4.69, 9.17) is 17.3 Å². The molecule has 3 nitrogen and oxygen atoms in total. The summed E-state index contributed by atoms with van der Waals surface area (Å²) in [6, 6.07) is 8.88. The van der Waals surface area contributed by atoms with E-state index in [1.165, 1.54) is 36.4 Å². The SMILES string of the molecule is Nc1ccc(Cl)c(C(=O)Nc2ccccc2C(F)(F)F)c1. The molecule has 0 aliphatic rings. The maximum Gasteiger partial charge on any atom is 0.418 e. The number of para-hydroxylation sites is 1. The van der Waals surface area contributed by atoms with Gasteiger partial charge in [0.05, 0.1) is 21.8 Å². The summed E-state index contributed by atoms with van der Waals surface area (Å²) in [5.74, 6) is -0.760. The second-order valence-electron chi connectivity index (χ2n) is 4.24. The van der Waals surface area contributed by atoms with Crippen LogP contribution in [0.25, 0.3) is 0 Å². The number of hydrogen-bond acceptors (Lipinski definition) is 2. The highest BCUT2D eigenvalue weighted by molar-refractivity contribution is 6.34. The molecule has 0 unspecified atom stereocenters. The van der Waals surface area contributed by atoms with Gasteiger partial charge in [-0.05, 0) is 30.3 Å². The lowest BCUT2D eigenvalue weighted by Gasteiger charge is -2.14. The van der Waals surface area contributed by atoms with Gasteiger partial charge in [0.1, 0.15) is 0 Å². The molecule has 7 heteroatoms. The molecule has 110 valence electrons. The molecule has 0 aliphatic carbocycles. The minimum Gasteiger partial charge on any atom is -0.399 e. The van der Waals surface area contributed by atoms with Crippen molar-refractivity contribution in [1.29, 1.82) is 0 Å². The zero-order chi connectivity index (χ0) is 15.6. The molecule has 0 spiro atoms. The Balaban J connectivity index is 2.35. The Morgan fingerprint density at radius 2 is 1.81 bits per heavy atom. The summed E-state index contributed by atoms with van der Waals surface area (Å²) in [5, 5.41) is 2.31. The molecule has 3 N–H and O–H groups in total. The van der Waals surface area contributed by atoms with E-state index in [0.29, 0.717) is 0 Å². The van der Waals surface area contributed by atoms with Gasteiger partial charge >= 0.3 is 6.18 Å². The van der Waals surface area contributed by atoms with E-state index < -0.39 is 17.6 Å². The van der Waals surface area contributed by atoms with Crippen molar-refractivity contribution in [1.82, 2.24) is 0 Å². The molecule has 0 fully saturated rings. The van der Waals surface area contributed by atoms with Gasteiger partial charge in [-0.3, -0.25) is 4.79 Å². The van der Waals surface area contributed by atoms with E-state index in [9.17, 15) is 18.0 Å². The molecule has 0 atom stereocenters. The van der Waals surface area contributed by atoms with Crippen molar-refractivity contribution in [2.45, 2.75) is 6.18 Å². The van der Waals surface area contributed by atoms with Crippen LogP contribution in [-0.2, 0) is 6.18 Å². The van der Waals surface area contributed by atoms with Crippen LogP contribution < -0.4 is 11.1 Å². The minimum absolute atomic E-state index is 0.00800. The molecule has 2 aromatic rings. The van der Waals surface area contributed by atoms with Crippen LogP contribution in [0, 0.1) is 0 Å². The lowest BCUT2D eigenvalue weighted by Crippen LogP contribution is -2.17. The van der Waals surface area contributed by atoms with Gasteiger partial charge in [0, 0.05) is 5.69 Å². The predicted octanol–water partition coefficient (Wildman–Crippen LogP) is 4.19. The number of halogens is 4. The van der Waals surface area contributed by atoms with E-state index in [-0.39, 0.29) is 22.0 Å². The number of hydrogen-bond donors (Lipinski definition) is 2. The molecule has 0 radical (unpaired) electrons. The molecule has 0 saturated carbocycles. The third-order valence-corrected chi connectivity index (χ3v) is 3.05. The van der Waals surface area contributed by atoms with Crippen LogP contribution >= 0.6 is 11.6 Å². The average molecular weight is 315 g/mol. The maximum atomic E-state index is 12.8. The number of nitrogen functional groups attached to an aromatic ring is 1. The van der Waals surface area contributed by atoms with Gasteiger partial charge in [-0.2, -0.15) is 13.2 Å². The Labute approximate surface area is 123 Å². The van der Waals surface area contributed by atoms with E-state index >= 15 is 0 Å². The molecule has 2 rings (SSSR count). The zero-order valence-corrected chi connectivity index (χ0v) is 11.3. The summed E-state index contributed by atoms with van der Waals surface area (Å²) in [6.45, 7) is 0. The summed E-state index contributed by atoms with van der Waals surface area (Å²) < 4.78 is 38.5. The van der Waals surface area contributed by atoms with E-state index in [2.05, 4.69) is 5.32 Å². The first-order valence-corrected chi connectivity index (χ1v) is 6.19. The summed E-state index contributed by atoms with van der Waals surface area (Å²) in [4.78, 5) is 12.0. The monoisotopic (exact) mass is 314 g/mol. The smallest absolute Gasteiger partial charge is 0.399 e. The number of anilines is 2. The molecule has 21 heavy (non-hydrogen) atoms. The Morgan fingerprint density at radius 3 is 2.48 bits per heavy atom. The van der Waals surface area contributed by atoms with E-state index in [1.54, 1.807) is 0 Å².